The number of para-hydroxylation sites is 1. The molecule has 8 nitrogen and oxygen atoms in total. The van der Waals surface area contributed by atoms with Gasteiger partial charge in [0.2, 0.25) is 0 Å². The van der Waals surface area contributed by atoms with Gasteiger partial charge < -0.3 is 19.5 Å². The van der Waals surface area contributed by atoms with Crippen molar-refractivity contribution in [3.05, 3.63) is 78.4 Å². The maximum atomic E-state index is 13.8. The first-order valence-corrected chi connectivity index (χ1v) is 13.5. The van der Waals surface area contributed by atoms with E-state index in [4.69, 9.17) is 14.2 Å². The van der Waals surface area contributed by atoms with Crippen molar-refractivity contribution in [3.63, 3.8) is 0 Å². The first kappa shape index (κ1) is 26.3. The SMILES string of the molecule is COc1ccc(S(=O)(=O)N2C[C@H](C(=O)NCCOc3ccccc3)Oc3ccc(C(C)(C)C)cc32)cc1. The van der Waals surface area contributed by atoms with E-state index in [9.17, 15) is 13.2 Å². The molecule has 0 aliphatic carbocycles. The van der Waals surface area contributed by atoms with Crippen molar-refractivity contribution in [2.75, 3.05) is 31.1 Å². The molecule has 37 heavy (non-hydrogen) atoms. The fourth-order valence-electron chi connectivity index (χ4n) is 3.93. The number of methoxy groups -OCH3 is 1. The van der Waals surface area contributed by atoms with E-state index in [-0.39, 0.29) is 30.0 Å². The number of ether oxygens (including phenoxy) is 3. The zero-order valence-electron chi connectivity index (χ0n) is 21.4. The molecule has 0 saturated heterocycles. The summed E-state index contributed by atoms with van der Waals surface area (Å²) in [6.07, 6.45) is -1.03. The molecule has 1 aliphatic heterocycles. The Balaban J connectivity index is 1.58. The monoisotopic (exact) mass is 524 g/mol. The first-order valence-electron chi connectivity index (χ1n) is 12.0. The first-order chi connectivity index (χ1) is 17.6. The number of amides is 1. The molecule has 9 heteroatoms. The van der Waals surface area contributed by atoms with Gasteiger partial charge in [-0.05, 0) is 59.5 Å². The topological polar surface area (TPSA) is 94.2 Å². The molecule has 0 radical (unpaired) electrons. The van der Waals surface area contributed by atoms with Crippen molar-refractivity contribution in [3.8, 4) is 17.2 Å². The Labute approximate surface area is 218 Å². The van der Waals surface area contributed by atoms with Gasteiger partial charge in [-0.3, -0.25) is 9.10 Å². The van der Waals surface area contributed by atoms with E-state index in [1.807, 2.05) is 42.5 Å². The van der Waals surface area contributed by atoms with Crippen LogP contribution in [0.25, 0.3) is 0 Å². The third-order valence-electron chi connectivity index (χ3n) is 6.05. The summed E-state index contributed by atoms with van der Waals surface area (Å²) < 4.78 is 45.6. The molecule has 0 unspecified atom stereocenters. The maximum absolute atomic E-state index is 13.8. The van der Waals surface area contributed by atoms with Crippen molar-refractivity contribution in [2.24, 2.45) is 0 Å². The molecule has 1 aliphatic rings. The molecule has 4 rings (SSSR count). The number of nitrogens with zero attached hydrogens (tertiary/aromatic N) is 1. The molecule has 0 aromatic heterocycles. The lowest BCUT2D eigenvalue weighted by Crippen LogP contribution is -2.51. The Hall–Kier alpha value is -3.72. The molecular formula is C28H32N2O6S. The Morgan fingerprint density at radius 2 is 1.73 bits per heavy atom. The predicted octanol–water partition coefficient (Wildman–Crippen LogP) is 4.14. The van der Waals surface area contributed by atoms with Gasteiger partial charge in [-0.1, -0.05) is 45.0 Å². The van der Waals surface area contributed by atoms with Crippen LogP contribution in [0, 0.1) is 0 Å². The predicted molar refractivity (Wildman–Crippen MR) is 142 cm³/mol. The van der Waals surface area contributed by atoms with Crippen LogP contribution in [0.3, 0.4) is 0 Å². The van der Waals surface area contributed by atoms with Gasteiger partial charge in [0.1, 0.15) is 23.9 Å². The third kappa shape index (κ3) is 5.99. The van der Waals surface area contributed by atoms with Crippen LogP contribution >= 0.6 is 0 Å². The summed E-state index contributed by atoms with van der Waals surface area (Å²) in [5.41, 5.74) is 1.14. The van der Waals surface area contributed by atoms with E-state index in [1.54, 1.807) is 18.2 Å². The largest absolute Gasteiger partial charge is 0.497 e. The fraction of sp³-hybridized carbons (Fsp3) is 0.321. The molecule has 196 valence electrons. The molecule has 1 N–H and O–H groups in total. The maximum Gasteiger partial charge on any atom is 0.264 e. The zero-order valence-corrected chi connectivity index (χ0v) is 22.2. The van der Waals surface area contributed by atoms with Crippen LogP contribution in [0.15, 0.2) is 77.7 Å². The van der Waals surface area contributed by atoms with Crippen molar-refractivity contribution in [1.29, 1.82) is 0 Å². The molecule has 1 amide bonds. The average molecular weight is 525 g/mol. The fourth-order valence-corrected chi connectivity index (χ4v) is 5.40. The molecule has 0 bridgehead atoms. The van der Waals surface area contributed by atoms with E-state index < -0.39 is 22.0 Å². The zero-order chi connectivity index (χ0) is 26.6. The van der Waals surface area contributed by atoms with E-state index in [0.717, 1.165) is 5.56 Å². The number of carbonyl (C=O) groups is 1. The minimum Gasteiger partial charge on any atom is -0.497 e. The Kier molecular flexibility index (Phi) is 7.63. The third-order valence-corrected chi connectivity index (χ3v) is 7.84. The van der Waals surface area contributed by atoms with Crippen LogP contribution in [0.2, 0.25) is 0 Å². The van der Waals surface area contributed by atoms with Crippen LogP contribution in [-0.2, 0) is 20.2 Å². The van der Waals surface area contributed by atoms with Crippen LogP contribution in [0.5, 0.6) is 17.2 Å². The van der Waals surface area contributed by atoms with E-state index in [2.05, 4.69) is 26.1 Å². The van der Waals surface area contributed by atoms with E-state index >= 15 is 0 Å². The number of fused-ring (bicyclic) bond motifs is 1. The van der Waals surface area contributed by atoms with Crippen LogP contribution in [-0.4, -0.2) is 47.2 Å². The Morgan fingerprint density at radius 3 is 2.38 bits per heavy atom. The standard InChI is InChI=1S/C28H32N2O6S/c1-28(2,3)20-10-15-25-24(18-20)30(37(32,33)23-13-11-21(34-4)12-14-23)19-26(36-25)27(31)29-16-17-35-22-8-6-5-7-9-22/h5-15,18,26H,16-17,19H2,1-4H3,(H,29,31)/t26-/m1/s1. The average Bonchev–Trinajstić information content (AvgIpc) is 2.90. The number of hydrogen-bond donors (Lipinski definition) is 1. The summed E-state index contributed by atoms with van der Waals surface area (Å²) in [5, 5.41) is 2.79. The summed E-state index contributed by atoms with van der Waals surface area (Å²) in [7, 11) is -2.48. The minimum absolute atomic E-state index is 0.0951. The smallest absolute Gasteiger partial charge is 0.264 e. The van der Waals surface area contributed by atoms with Gasteiger partial charge in [0.15, 0.2) is 6.10 Å². The summed E-state index contributed by atoms with van der Waals surface area (Å²) in [4.78, 5) is 13.1. The highest BCUT2D eigenvalue weighted by Crippen LogP contribution is 2.40. The molecule has 0 fully saturated rings. The molecule has 3 aromatic carbocycles. The van der Waals surface area contributed by atoms with Gasteiger partial charge in [-0.15, -0.1) is 0 Å². The van der Waals surface area contributed by atoms with Crippen molar-refractivity contribution in [1.82, 2.24) is 5.32 Å². The lowest BCUT2D eigenvalue weighted by molar-refractivity contribution is -0.127. The Morgan fingerprint density at radius 1 is 1.03 bits per heavy atom. The quantitative estimate of drug-likeness (QED) is 0.445. The number of nitrogens with one attached hydrogen (secondary N) is 1. The molecule has 0 saturated carbocycles. The van der Waals surface area contributed by atoms with Gasteiger partial charge >= 0.3 is 0 Å². The highest BCUT2D eigenvalue weighted by Gasteiger charge is 2.38. The molecule has 0 spiro atoms. The van der Waals surface area contributed by atoms with Gasteiger partial charge in [-0.25, -0.2) is 8.42 Å². The minimum atomic E-state index is -4.00. The van der Waals surface area contributed by atoms with E-state index in [0.29, 0.717) is 22.9 Å². The van der Waals surface area contributed by atoms with Crippen LogP contribution < -0.4 is 23.8 Å². The second kappa shape index (κ2) is 10.7. The van der Waals surface area contributed by atoms with E-state index in [1.165, 1.54) is 23.5 Å². The van der Waals surface area contributed by atoms with Crippen molar-refractivity contribution in [2.45, 2.75) is 37.2 Å². The number of carbonyl (C=O) groups excluding carboxylic acids is 1. The number of benzene rings is 3. The second-order valence-corrected chi connectivity index (χ2v) is 11.6. The molecule has 3 aromatic rings. The van der Waals surface area contributed by atoms with Gasteiger partial charge in [0.25, 0.3) is 15.9 Å². The van der Waals surface area contributed by atoms with Crippen LogP contribution in [0.4, 0.5) is 5.69 Å². The Bertz CT molecular complexity index is 1340. The lowest BCUT2D eigenvalue weighted by atomic mass is 9.86. The van der Waals surface area contributed by atoms with Gasteiger partial charge in [0, 0.05) is 0 Å². The molecule has 1 heterocycles. The highest BCUT2D eigenvalue weighted by atomic mass is 32.2. The normalized spacial score (nSPS) is 15.4. The van der Waals surface area contributed by atoms with Gasteiger partial charge in [-0.2, -0.15) is 0 Å². The summed E-state index contributed by atoms with van der Waals surface area (Å²) >= 11 is 0. The number of anilines is 1. The summed E-state index contributed by atoms with van der Waals surface area (Å²) in [6.45, 7) is 6.49. The molecular weight excluding hydrogens is 492 g/mol. The lowest BCUT2D eigenvalue weighted by Gasteiger charge is -2.36. The van der Waals surface area contributed by atoms with Crippen molar-refractivity contribution < 1.29 is 27.4 Å². The van der Waals surface area contributed by atoms with Crippen LogP contribution in [0.1, 0.15) is 26.3 Å². The second-order valence-electron chi connectivity index (χ2n) is 9.70. The highest BCUT2D eigenvalue weighted by molar-refractivity contribution is 7.92. The summed E-state index contributed by atoms with van der Waals surface area (Å²) in [5.74, 6) is 1.16. The van der Waals surface area contributed by atoms with Crippen molar-refractivity contribution >= 4 is 21.6 Å². The van der Waals surface area contributed by atoms with Gasteiger partial charge in [0.05, 0.1) is 30.8 Å². The molecule has 1 atom stereocenters. The summed E-state index contributed by atoms with van der Waals surface area (Å²) in [6, 6.07) is 20.9. The number of hydrogen-bond acceptors (Lipinski definition) is 6. The number of sulfonamides is 1. The number of rotatable bonds is 8.